The molecule has 1 atom stereocenters. The molecule has 0 amide bonds. The summed E-state index contributed by atoms with van der Waals surface area (Å²) < 4.78 is 5.35. The minimum absolute atomic E-state index is 0.277. The first-order chi connectivity index (χ1) is 9.19. The first-order valence-electron chi connectivity index (χ1n) is 6.19. The van der Waals surface area contributed by atoms with E-state index in [1.165, 1.54) is 5.56 Å². The van der Waals surface area contributed by atoms with Gasteiger partial charge in [0.1, 0.15) is 10.9 Å². The van der Waals surface area contributed by atoms with Crippen LogP contribution in [0.5, 0.6) is 5.75 Å². The van der Waals surface area contributed by atoms with Gasteiger partial charge in [0.25, 0.3) is 0 Å². The van der Waals surface area contributed by atoms with E-state index in [1.54, 1.807) is 19.4 Å². The lowest BCUT2D eigenvalue weighted by molar-refractivity contribution is 0.409. The molecule has 0 radical (unpaired) electrons. The Hall–Kier alpha value is -1.74. The van der Waals surface area contributed by atoms with E-state index >= 15 is 0 Å². The second kappa shape index (κ2) is 6.43. The number of benzene rings is 1. The highest BCUT2D eigenvalue weighted by Gasteiger charge is 2.08. The number of para-hydroxylation sites is 1. The fourth-order valence-corrected chi connectivity index (χ4v) is 2.11. The van der Waals surface area contributed by atoms with E-state index in [9.17, 15) is 0 Å². The number of ether oxygens (including phenoxy) is 1. The van der Waals surface area contributed by atoms with Gasteiger partial charge < -0.3 is 10.1 Å². The molecular formula is C15H17ClN2O. The van der Waals surface area contributed by atoms with E-state index in [-0.39, 0.29) is 6.04 Å². The summed E-state index contributed by atoms with van der Waals surface area (Å²) in [5.74, 6) is 0.922. The van der Waals surface area contributed by atoms with Crippen LogP contribution >= 0.6 is 11.6 Å². The van der Waals surface area contributed by atoms with E-state index in [1.807, 2.05) is 24.3 Å². The third-order valence-corrected chi connectivity index (χ3v) is 3.08. The second-order valence-electron chi connectivity index (χ2n) is 4.43. The van der Waals surface area contributed by atoms with Crippen molar-refractivity contribution in [1.82, 2.24) is 4.98 Å². The maximum Gasteiger partial charge on any atom is 0.129 e. The Balaban J connectivity index is 2.01. The summed E-state index contributed by atoms with van der Waals surface area (Å²) in [5, 5.41) is 3.89. The van der Waals surface area contributed by atoms with Gasteiger partial charge in [-0.3, -0.25) is 0 Å². The lowest BCUT2D eigenvalue weighted by Gasteiger charge is -2.16. The molecule has 1 aromatic heterocycles. The van der Waals surface area contributed by atoms with Crippen LogP contribution in [0.1, 0.15) is 12.5 Å². The van der Waals surface area contributed by atoms with E-state index in [0.29, 0.717) is 5.15 Å². The van der Waals surface area contributed by atoms with Gasteiger partial charge in [0.15, 0.2) is 0 Å². The molecule has 0 aliphatic rings. The summed E-state index contributed by atoms with van der Waals surface area (Å²) in [5.41, 5.74) is 2.15. The van der Waals surface area contributed by atoms with Crippen molar-refractivity contribution in [2.75, 3.05) is 12.4 Å². The molecule has 0 fully saturated rings. The van der Waals surface area contributed by atoms with Gasteiger partial charge in [-0.05, 0) is 37.1 Å². The molecule has 3 nitrogen and oxygen atoms in total. The molecule has 0 saturated carbocycles. The fraction of sp³-hybridized carbons (Fsp3) is 0.267. The monoisotopic (exact) mass is 276 g/mol. The zero-order chi connectivity index (χ0) is 13.7. The Bertz CT molecular complexity index is 528. The summed E-state index contributed by atoms with van der Waals surface area (Å²) in [6, 6.07) is 12.0. The Kier molecular flexibility index (Phi) is 4.63. The standard InChI is InChI=1S/C15H17ClN2O/c1-11(18-13-7-8-15(16)17-10-13)9-12-5-3-4-6-14(12)19-2/h3-8,10-11,18H,9H2,1-2H3. The Morgan fingerprint density at radius 2 is 2.05 bits per heavy atom. The number of pyridine rings is 1. The number of hydrogen-bond donors (Lipinski definition) is 1. The van der Waals surface area contributed by atoms with Crippen LogP contribution in [0, 0.1) is 0 Å². The van der Waals surface area contributed by atoms with Crippen LogP contribution < -0.4 is 10.1 Å². The predicted octanol–water partition coefficient (Wildman–Crippen LogP) is 3.79. The van der Waals surface area contributed by atoms with Crippen LogP contribution in [0.4, 0.5) is 5.69 Å². The molecule has 0 saturated heterocycles. The van der Waals surface area contributed by atoms with Gasteiger partial charge in [-0.1, -0.05) is 29.8 Å². The first kappa shape index (κ1) is 13.7. The van der Waals surface area contributed by atoms with Crippen molar-refractivity contribution in [3.63, 3.8) is 0 Å². The van der Waals surface area contributed by atoms with E-state index in [4.69, 9.17) is 16.3 Å². The van der Waals surface area contributed by atoms with Gasteiger partial charge >= 0.3 is 0 Å². The number of rotatable bonds is 5. The van der Waals surface area contributed by atoms with Crippen LogP contribution in [-0.4, -0.2) is 18.1 Å². The van der Waals surface area contributed by atoms with E-state index in [0.717, 1.165) is 17.9 Å². The molecule has 100 valence electrons. The second-order valence-corrected chi connectivity index (χ2v) is 4.82. The quantitative estimate of drug-likeness (QED) is 0.844. The highest BCUT2D eigenvalue weighted by atomic mass is 35.5. The van der Waals surface area contributed by atoms with Crippen LogP contribution in [0.3, 0.4) is 0 Å². The molecule has 1 unspecified atom stereocenters. The van der Waals surface area contributed by atoms with Crippen molar-refractivity contribution in [3.8, 4) is 5.75 Å². The molecule has 0 bridgehead atoms. The number of anilines is 1. The van der Waals surface area contributed by atoms with Gasteiger partial charge in [-0.15, -0.1) is 0 Å². The zero-order valence-electron chi connectivity index (χ0n) is 11.1. The van der Waals surface area contributed by atoms with Crippen molar-refractivity contribution in [1.29, 1.82) is 0 Å². The normalized spacial score (nSPS) is 11.9. The summed E-state index contributed by atoms with van der Waals surface area (Å²) >= 11 is 5.76. The predicted molar refractivity (Wildman–Crippen MR) is 79.0 cm³/mol. The Morgan fingerprint density at radius 3 is 2.74 bits per heavy atom. The van der Waals surface area contributed by atoms with Crippen molar-refractivity contribution in [2.24, 2.45) is 0 Å². The lowest BCUT2D eigenvalue weighted by atomic mass is 10.1. The molecule has 1 N–H and O–H groups in total. The number of nitrogens with one attached hydrogen (secondary N) is 1. The van der Waals surface area contributed by atoms with Crippen molar-refractivity contribution in [3.05, 3.63) is 53.3 Å². The summed E-state index contributed by atoms with van der Waals surface area (Å²) in [4.78, 5) is 4.05. The molecule has 0 aliphatic heterocycles. The lowest BCUT2D eigenvalue weighted by Crippen LogP contribution is -2.18. The minimum Gasteiger partial charge on any atom is -0.496 e. The molecule has 0 aliphatic carbocycles. The zero-order valence-corrected chi connectivity index (χ0v) is 11.8. The van der Waals surface area contributed by atoms with Crippen LogP contribution in [0.15, 0.2) is 42.6 Å². The number of methoxy groups -OCH3 is 1. The maximum absolute atomic E-state index is 5.76. The minimum atomic E-state index is 0.277. The third kappa shape index (κ3) is 3.86. The highest BCUT2D eigenvalue weighted by molar-refractivity contribution is 6.29. The largest absolute Gasteiger partial charge is 0.496 e. The van der Waals surface area contributed by atoms with Crippen molar-refractivity contribution >= 4 is 17.3 Å². The Labute approximate surface area is 118 Å². The fourth-order valence-electron chi connectivity index (χ4n) is 2.00. The highest BCUT2D eigenvalue weighted by Crippen LogP contribution is 2.20. The van der Waals surface area contributed by atoms with Crippen LogP contribution in [0.25, 0.3) is 0 Å². The van der Waals surface area contributed by atoms with Gasteiger partial charge in [0.05, 0.1) is 19.0 Å². The third-order valence-electron chi connectivity index (χ3n) is 2.86. The van der Waals surface area contributed by atoms with Gasteiger partial charge in [0, 0.05) is 6.04 Å². The summed E-state index contributed by atoms with van der Waals surface area (Å²) in [6.45, 7) is 2.13. The molecule has 1 aromatic carbocycles. The maximum atomic E-state index is 5.76. The van der Waals surface area contributed by atoms with E-state index in [2.05, 4.69) is 23.3 Å². The number of hydrogen-bond acceptors (Lipinski definition) is 3. The molecular weight excluding hydrogens is 260 g/mol. The average molecular weight is 277 g/mol. The molecule has 1 heterocycles. The molecule has 4 heteroatoms. The van der Waals surface area contributed by atoms with Gasteiger partial charge in [-0.2, -0.15) is 0 Å². The topological polar surface area (TPSA) is 34.1 Å². The smallest absolute Gasteiger partial charge is 0.129 e. The summed E-state index contributed by atoms with van der Waals surface area (Å²) in [6.07, 6.45) is 2.62. The van der Waals surface area contributed by atoms with Gasteiger partial charge in [0.2, 0.25) is 0 Å². The number of halogens is 1. The average Bonchev–Trinajstić information content (AvgIpc) is 2.42. The molecule has 2 rings (SSSR count). The molecule has 2 aromatic rings. The molecule has 0 spiro atoms. The van der Waals surface area contributed by atoms with Crippen molar-refractivity contribution < 1.29 is 4.74 Å². The SMILES string of the molecule is COc1ccccc1CC(C)Nc1ccc(Cl)nc1. The number of aromatic nitrogens is 1. The number of nitrogens with zero attached hydrogens (tertiary/aromatic N) is 1. The van der Waals surface area contributed by atoms with Crippen molar-refractivity contribution in [2.45, 2.75) is 19.4 Å². The van der Waals surface area contributed by atoms with E-state index < -0.39 is 0 Å². The summed E-state index contributed by atoms with van der Waals surface area (Å²) in [7, 11) is 1.69. The van der Waals surface area contributed by atoms with Gasteiger partial charge in [-0.25, -0.2) is 4.98 Å². The van der Waals surface area contributed by atoms with Crippen LogP contribution in [0.2, 0.25) is 5.15 Å². The Morgan fingerprint density at radius 1 is 1.26 bits per heavy atom. The first-order valence-corrected chi connectivity index (χ1v) is 6.57. The molecule has 19 heavy (non-hydrogen) atoms. The van der Waals surface area contributed by atoms with Crippen LogP contribution in [-0.2, 0) is 6.42 Å².